The van der Waals surface area contributed by atoms with Gasteiger partial charge in [0.1, 0.15) is 5.82 Å². The first-order chi connectivity index (χ1) is 14.7. The summed E-state index contributed by atoms with van der Waals surface area (Å²) in [4.78, 5) is 0. The topological polar surface area (TPSA) is 0 Å². The standard InChI is InChI=1S/C29H33F/c1-3-5-6-7-9-23-12-17-26(18-13-23)27-19-14-24(15-20-27)10-11-25-16-21-28(8-4-2)29(30)22-25/h14-16,19-23,26H,3-5,8-9,12-13,17-18H2,1-2H3. The number of rotatable bonds is 5. The van der Waals surface area contributed by atoms with Gasteiger partial charge in [0.2, 0.25) is 0 Å². The molecular formula is C29H33F. The largest absolute Gasteiger partial charge is 0.207 e. The van der Waals surface area contributed by atoms with E-state index in [2.05, 4.69) is 61.8 Å². The van der Waals surface area contributed by atoms with Crippen LogP contribution in [0.2, 0.25) is 0 Å². The summed E-state index contributed by atoms with van der Waals surface area (Å²) in [6, 6.07) is 14.0. The van der Waals surface area contributed by atoms with E-state index in [0.717, 1.165) is 54.7 Å². The Kier molecular flexibility index (Phi) is 8.59. The smallest absolute Gasteiger partial charge is 0.127 e. The highest BCUT2D eigenvalue weighted by Gasteiger charge is 2.21. The van der Waals surface area contributed by atoms with Crippen molar-refractivity contribution in [3.8, 4) is 23.7 Å². The molecule has 3 rings (SSSR count). The van der Waals surface area contributed by atoms with Crippen LogP contribution in [0.4, 0.5) is 4.39 Å². The molecular weight excluding hydrogens is 367 g/mol. The van der Waals surface area contributed by atoms with Crippen LogP contribution in [0.15, 0.2) is 42.5 Å². The van der Waals surface area contributed by atoms with Crippen LogP contribution in [0.25, 0.3) is 0 Å². The maximum absolute atomic E-state index is 14.1. The Hall–Kier alpha value is -2.51. The van der Waals surface area contributed by atoms with E-state index >= 15 is 0 Å². The lowest BCUT2D eigenvalue weighted by molar-refractivity contribution is 0.331. The minimum atomic E-state index is -0.147. The highest BCUT2D eigenvalue weighted by Crippen LogP contribution is 2.36. The molecule has 156 valence electrons. The Morgan fingerprint density at radius 3 is 2.20 bits per heavy atom. The van der Waals surface area contributed by atoms with Gasteiger partial charge in [-0.1, -0.05) is 50.3 Å². The van der Waals surface area contributed by atoms with Crippen LogP contribution in [0.1, 0.15) is 93.4 Å². The highest BCUT2D eigenvalue weighted by atomic mass is 19.1. The van der Waals surface area contributed by atoms with Crippen molar-refractivity contribution in [2.24, 2.45) is 5.92 Å². The van der Waals surface area contributed by atoms with Crippen LogP contribution in [-0.2, 0) is 6.42 Å². The molecule has 0 saturated heterocycles. The van der Waals surface area contributed by atoms with Gasteiger partial charge in [-0.3, -0.25) is 0 Å². The predicted octanol–water partition coefficient (Wildman–Crippen LogP) is 7.65. The Labute approximate surface area is 182 Å². The van der Waals surface area contributed by atoms with E-state index < -0.39 is 0 Å². The van der Waals surface area contributed by atoms with Crippen LogP contribution in [0.3, 0.4) is 0 Å². The zero-order valence-electron chi connectivity index (χ0n) is 18.4. The average Bonchev–Trinajstić information content (AvgIpc) is 2.78. The number of benzene rings is 2. The monoisotopic (exact) mass is 400 g/mol. The van der Waals surface area contributed by atoms with Gasteiger partial charge in [-0.05, 0) is 85.8 Å². The van der Waals surface area contributed by atoms with Gasteiger partial charge in [0.05, 0.1) is 0 Å². The predicted molar refractivity (Wildman–Crippen MR) is 125 cm³/mol. The summed E-state index contributed by atoms with van der Waals surface area (Å²) in [5.74, 6) is 14.2. The van der Waals surface area contributed by atoms with Crippen LogP contribution >= 0.6 is 0 Å². The lowest BCUT2D eigenvalue weighted by atomic mass is 9.77. The molecule has 0 radical (unpaired) electrons. The maximum Gasteiger partial charge on any atom is 0.127 e. The lowest BCUT2D eigenvalue weighted by Crippen LogP contribution is -2.12. The number of unbranched alkanes of at least 4 members (excludes halogenated alkanes) is 1. The van der Waals surface area contributed by atoms with E-state index in [0.29, 0.717) is 5.92 Å². The van der Waals surface area contributed by atoms with E-state index in [4.69, 9.17) is 0 Å². The van der Waals surface area contributed by atoms with Crippen LogP contribution in [-0.4, -0.2) is 0 Å². The second-order valence-corrected chi connectivity index (χ2v) is 8.45. The van der Waals surface area contributed by atoms with Crippen molar-refractivity contribution in [1.82, 2.24) is 0 Å². The Bertz CT molecular complexity index is 922. The molecule has 2 aromatic rings. The molecule has 0 heterocycles. The fourth-order valence-electron chi connectivity index (χ4n) is 4.21. The summed E-state index contributed by atoms with van der Waals surface area (Å²) in [5, 5.41) is 0. The van der Waals surface area contributed by atoms with Crippen LogP contribution in [0.5, 0.6) is 0 Å². The van der Waals surface area contributed by atoms with E-state index in [1.165, 1.54) is 31.2 Å². The molecule has 1 fully saturated rings. The molecule has 0 N–H and O–H groups in total. The molecule has 0 aromatic heterocycles. The lowest BCUT2D eigenvalue weighted by Gasteiger charge is -2.27. The molecule has 1 heteroatoms. The summed E-state index contributed by atoms with van der Waals surface area (Å²) in [6.45, 7) is 4.24. The molecule has 1 saturated carbocycles. The van der Waals surface area contributed by atoms with Crippen molar-refractivity contribution < 1.29 is 4.39 Å². The fourth-order valence-corrected chi connectivity index (χ4v) is 4.21. The molecule has 30 heavy (non-hydrogen) atoms. The SMILES string of the molecule is CCCC#CCC1CCC(c2ccc(C#Cc3ccc(CCC)c(F)c3)cc2)CC1. The van der Waals surface area contributed by atoms with Crippen molar-refractivity contribution in [2.75, 3.05) is 0 Å². The average molecular weight is 401 g/mol. The van der Waals surface area contributed by atoms with E-state index in [1.807, 2.05) is 12.1 Å². The van der Waals surface area contributed by atoms with Crippen molar-refractivity contribution in [3.05, 3.63) is 70.5 Å². The number of halogens is 1. The third-order valence-electron chi connectivity index (χ3n) is 6.04. The molecule has 0 amide bonds. The molecule has 0 atom stereocenters. The minimum absolute atomic E-state index is 0.147. The van der Waals surface area contributed by atoms with E-state index in [9.17, 15) is 4.39 Å². The highest BCUT2D eigenvalue weighted by molar-refractivity contribution is 5.44. The van der Waals surface area contributed by atoms with E-state index in [1.54, 1.807) is 6.07 Å². The first-order valence-corrected chi connectivity index (χ1v) is 11.6. The van der Waals surface area contributed by atoms with Crippen molar-refractivity contribution in [1.29, 1.82) is 0 Å². The summed E-state index contributed by atoms with van der Waals surface area (Å²) in [5.41, 5.74) is 3.91. The molecule has 0 aliphatic heterocycles. The number of hydrogen-bond donors (Lipinski definition) is 0. The zero-order chi connectivity index (χ0) is 21.2. The Morgan fingerprint density at radius 2 is 1.53 bits per heavy atom. The van der Waals surface area contributed by atoms with Gasteiger partial charge in [0.25, 0.3) is 0 Å². The summed E-state index contributed by atoms with van der Waals surface area (Å²) in [6.07, 6.45) is 10.1. The molecule has 0 spiro atoms. The first-order valence-electron chi connectivity index (χ1n) is 11.6. The second kappa shape index (κ2) is 11.6. The van der Waals surface area contributed by atoms with Gasteiger partial charge in [-0.25, -0.2) is 4.39 Å². The van der Waals surface area contributed by atoms with Gasteiger partial charge >= 0.3 is 0 Å². The van der Waals surface area contributed by atoms with Crippen LogP contribution < -0.4 is 0 Å². The molecule has 0 bridgehead atoms. The van der Waals surface area contributed by atoms with Crippen LogP contribution in [0, 0.1) is 35.4 Å². The molecule has 0 nitrogen and oxygen atoms in total. The van der Waals surface area contributed by atoms with Gasteiger partial charge in [-0.15, -0.1) is 11.8 Å². The normalized spacial score (nSPS) is 18.1. The molecule has 2 aromatic carbocycles. The van der Waals surface area contributed by atoms with Gasteiger partial charge in [0.15, 0.2) is 0 Å². The van der Waals surface area contributed by atoms with Gasteiger partial charge < -0.3 is 0 Å². The number of hydrogen-bond acceptors (Lipinski definition) is 0. The molecule has 1 aliphatic carbocycles. The van der Waals surface area contributed by atoms with Crippen molar-refractivity contribution in [2.45, 2.75) is 77.6 Å². The van der Waals surface area contributed by atoms with E-state index in [-0.39, 0.29) is 5.82 Å². The Morgan fingerprint density at radius 1 is 0.833 bits per heavy atom. The second-order valence-electron chi connectivity index (χ2n) is 8.45. The van der Waals surface area contributed by atoms with Crippen molar-refractivity contribution >= 4 is 0 Å². The summed E-state index contributed by atoms with van der Waals surface area (Å²) in [7, 11) is 0. The Balaban J connectivity index is 1.55. The third-order valence-corrected chi connectivity index (χ3v) is 6.04. The van der Waals surface area contributed by atoms with Gasteiger partial charge in [-0.2, -0.15) is 0 Å². The fraction of sp³-hybridized carbons (Fsp3) is 0.448. The molecule has 1 aliphatic rings. The summed E-state index contributed by atoms with van der Waals surface area (Å²) < 4.78 is 14.1. The third kappa shape index (κ3) is 6.50. The summed E-state index contributed by atoms with van der Waals surface area (Å²) >= 11 is 0. The first kappa shape index (κ1) is 22.2. The zero-order valence-corrected chi connectivity index (χ0v) is 18.4. The molecule has 0 unspecified atom stereocenters. The maximum atomic E-state index is 14.1. The van der Waals surface area contributed by atoms with Gasteiger partial charge in [0, 0.05) is 24.0 Å². The van der Waals surface area contributed by atoms with Crippen molar-refractivity contribution in [3.63, 3.8) is 0 Å². The quantitative estimate of drug-likeness (QED) is 0.452. The minimum Gasteiger partial charge on any atom is -0.207 e. The number of aryl methyl sites for hydroxylation is 1.